The van der Waals surface area contributed by atoms with Gasteiger partial charge in [0.2, 0.25) is 0 Å². The molecule has 4 rings (SSSR count). The molecule has 1 unspecified atom stereocenters. The Hall–Kier alpha value is -2.98. The highest BCUT2D eigenvalue weighted by Crippen LogP contribution is 2.47. The highest BCUT2D eigenvalue weighted by Gasteiger charge is 2.43. The molecule has 2 aromatic carbocycles. The third kappa shape index (κ3) is 4.20. The van der Waals surface area contributed by atoms with Crippen LogP contribution in [0.1, 0.15) is 72.3 Å². The molecule has 1 aliphatic heterocycles. The first-order valence-corrected chi connectivity index (χ1v) is 11.2. The average molecular weight is 430 g/mol. The molecule has 0 bridgehead atoms. The summed E-state index contributed by atoms with van der Waals surface area (Å²) < 4.78 is 0. The van der Waals surface area contributed by atoms with Gasteiger partial charge in [0.05, 0.1) is 17.7 Å². The second-order valence-corrected chi connectivity index (χ2v) is 10.1. The van der Waals surface area contributed by atoms with E-state index in [1.807, 2.05) is 30.5 Å². The summed E-state index contributed by atoms with van der Waals surface area (Å²) in [6.07, 6.45) is 11.2. The molecule has 166 valence electrons. The lowest BCUT2D eigenvalue weighted by Crippen LogP contribution is -2.45. The van der Waals surface area contributed by atoms with Gasteiger partial charge in [-0.2, -0.15) is 0 Å². The third-order valence-electron chi connectivity index (χ3n) is 6.98. The van der Waals surface area contributed by atoms with Gasteiger partial charge in [-0.25, -0.2) is 4.79 Å². The van der Waals surface area contributed by atoms with Crippen molar-refractivity contribution < 1.29 is 15.0 Å². The van der Waals surface area contributed by atoms with E-state index in [2.05, 4.69) is 57.0 Å². The number of aromatic carboxylic acids is 1. The van der Waals surface area contributed by atoms with Crippen LogP contribution in [0.4, 0.5) is 0 Å². The van der Waals surface area contributed by atoms with Crippen molar-refractivity contribution >= 4 is 24.3 Å². The van der Waals surface area contributed by atoms with Crippen molar-refractivity contribution in [3.05, 3.63) is 81.9 Å². The van der Waals surface area contributed by atoms with Crippen LogP contribution >= 0.6 is 0 Å². The van der Waals surface area contributed by atoms with E-state index in [-0.39, 0.29) is 22.4 Å². The first kappa shape index (κ1) is 22.2. The SMILES string of the molecule is CC1(C)CC(O)C(C)(C)c2cc(C[C@H]3C=CC=N3)c(/C=C/c3ccc(C(=O)O)cc3)cc21. The first-order chi connectivity index (χ1) is 15.1. The van der Waals surface area contributed by atoms with Gasteiger partial charge in [0.1, 0.15) is 0 Å². The van der Waals surface area contributed by atoms with Gasteiger partial charge in [-0.15, -0.1) is 0 Å². The number of nitrogens with zero attached hydrogens (tertiary/aromatic N) is 1. The summed E-state index contributed by atoms with van der Waals surface area (Å²) in [6, 6.07) is 11.6. The summed E-state index contributed by atoms with van der Waals surface area (Å²) in [6.45, 7) is 8.66. The molecule has 0 spiro atoms. The number of carbonyl (C=O) groups is 1. The molecule has 4 heteroatoms. The van der Waals surface area contributed by atoms with Crippen LogP contribution in [0.5, 0.6) is 0 Å². The fraction of sp³-hybridized carbons (Fsp3) is 0.357. The van der Waals surface area contributed by atoms with Gasteiger partial charge < -0.3 is 10.2 Å². The van der Waals surface area contributed by atoms with Gasteiger partial charge in [0.25, 0.3) is 0 Å². The Morgan fingerprint density at radius 2 is 1.81 bits per heavy atom. The summed E-state index contributed by atoms with van der Waals surface area (Å²) in [5, 5.41) is 20.0. The Bertz CT molecular complexity index is 1110. The van der Waals surface area contributed by atoms with Gasteiger partial charge >= 0.3 is 5.97 Å². The number of aliphatic hydroxyl groups is 1. The largest absolute Gasteiger partial charge is 0.478 e. The van der Waals surface area contributed by atoms with Gasteiger partial charge in [0, 0.05) is 11.6 Å². The van der Waals surface area contributed by atoms with Crippen LogP contribution in [-0.2, 0) is 17.3 Å². The Morgan fingerprint density at radius 3 is 2.44 bits per heavy atom. The molecule has 0 amide bonds. The van der Waals surface area contributed by atoms with E-state index in [1.165, 1.54) is 16.7 Å². The second kappa shape index (κ2) is 8.18. The zero-order valence-corrected chi connectivity index (χ0v) is 19.2. The highest BCUT2D eigenvalue weighted by atomic mass is 16.4. The Labute approximate surface area is 190 Å². The van der Waals surface area contributed by atoms with Crippen LogP contribution in [0.25, 0.3) is 12.2 Å². The minimum atomic E-state index is -0.922. The fourth-order valence-corrected chi connectivity index (χ4v) is 4.77. The molecule has 2 aliphatic rings. The zero-order valence-electron chi connectivity index (χ0n) is 19.2. The van der Waals surface area contributed by atoms with E-state index in [9.17, 15) is 9.90 Å². The molecule has 0 fully saturated rings. The number of aliphatic imine (C=N–C) groups is 1. The molecule has 2 aromatic rings. The van der Waals surface area contributed by atoms with Crippen molar-refractivity contribution in [2.75, 3.05) is 0 Å². The minimum Gasteiger partial charge on any atom is -0.478 e. The van der Waals surface area contributed by atoms with Gasteiger partial charge in [-0.3, -0.25) is 4.99 Å². The summed E-state index contributed by atoms with van der Waals surface area (Å²) in [5.41, 5.74) is 5.63. The summed E-state index contributed by atoms with van der Waals surface area (Å²) in [7, 11) is 0. The van der Waals surface area contributed by atoms with Gasteiger partial charge in [0.15, 0.2) is 0 Å². The van der Waals surface area contributed by atoms with E-state index in [0.717, 1.165) is 24.0 Å². The number of hydrogen-bond donors (Lipinski definition) is 2. The number of carboxylic acid groups (broad SMARTS) is 1. The normalized spacial score (nSPS) is 22.9. The third-order valence-corrected chi connectivity index (χ3v) is 6.98. The van der Waals surface area contributed by atoms with E-state index >= 15 is 0 Å². The lowest BCUT2D eigenvalue weighted by Gasteiger charge is -2.46. The Morgan fingerprint density at radius 1 is 1.09 bits per heavy atom. The minimum absolute atomic E-state index is 0.125. The Kier molecular flexibility index (Phi) is 5.68. The quantitative estimate of drug-likeness (QED) is 0.623. The molecule has 1 heterocycles. The summed E-state index contributed by atoms with van der Waals surface area (Å²) in [5.74, 6) is -0.922. The smallest absolute Gasteiger partial charge is 0.335 e. The van der Waals surface area contributed by atoms with Crippen LogP contribution in [0, 0.1) is 0 Å². The molecular weight excluding hydrogens is 398 g/mol. The van der Waals surface area contributed by atoms with Crippen LogP contribution in [0.3, 0.4) is 0 Å². The maximum absolute atomic E-state index is 11.1. The van der Waals surface area contributed by atoms with Gasteiger partial charge in [-0.05, 0) is 64.3 Å². The van der Waals surface area contributed by atoms with Crippen LogP contribution in [-0.4, -0.2) is 34.5 Å². The van der Waals surface area contributed by atoms with E-state index in [0.29, 0.717) is 0 Å². The lowest BCUT2D eigenvalue weighted by molar-refractivity contribution is 0.0582. The number of hydrogen-bond acceptors (Lipinski definition) is 3. The Balaban J connectivity index is 1.78. The molecule has 0 saturated carbocycles. The predicted octanol–water partition coefficient (Wildman–Crippen LogP) is 5.43. The number of fused-ring (bicyclic) bond motifs is 1. The number of carboxylic acids is 1. The fourth-order valence-electron chi connectivity index (χ4n) is 4.77. The topological polar surface area (TPSA) is 69.9 Å². The van der Waals surface area contributed by atoms with Crippen molar-refractivity contribution in [2.24, 2.45) is 4.99 Å². The molecule has 0 aromatic heterocycles. The van der Waals surface area contributed by atoms with Crippen LogP contribution in [0.2, 0.25) is 0 Å². The predicted molar refractivity (Wildman–Crippen MR) is 131 cm³/mol. The van der Waals surface area contributed by atoms with E-state index < -0.39 is 12.1 Å². The standard InChI is InChI=1S/C28H31NO3/c1-27(2)17-25(30)28(3,4)24-16-21(14-22-6-5-13-29-22)20(15-23(24)27)12-9-18-7-10-19(11-8-18)26(31)32/h5-13,15-16,22,25,30H,14,17H2,1-4H3,(H,31,32)/b12-9+/t22-,25?/m1/s1. The molecule has 0 radical (unpaired) electrons. The van der Waals surface area contributed by atoms with Crippen LogP contribution < -0.4 is 0 Å². The first-order valence-electron chi connectivity index (χ1n) is 11.2. The molecular formula is C28H31NO3. The van der Waals surface area contributed by atoms with Crippen molar-refractivity contribution in [1.29, 1.82) is 0 Å². The molecule has 0 saturated heterocycles. The van der Waals surface area contributed by atoms with E-state index in [1.54, 1.807) is 12.1 Å². The molecule has 32 heavy (non-hydrogen) atoms. The zero-order chi connectivity index (χ0) is 23.1. The lowest BCUT2D eigenvalue weighted by atomic mass is 9.61. The maximum atomic E-state index is 11.1. The number of rotatable bonds is 5. The van der Waals surface area contributed by atoms with Crippen molar-refractivity contribution in [1.82, 2.24) is 0 Å². The highest BCUT2D eigenvalue weighted by molar-refractivity contribution is 5.88. The number of aliphatic hydroxyl groups excluding tert-OH is 1. The van der Waals surface area contributed by atoms with E-state index in [4.69, 9.17) is 5.11 Å². The summed E-state index contributed by atoms with van der Waals surface area (Å²) >= 11 is 0. The van der Waals surface area contributed by atoms with Crippen molar-refractivity contribution in [2.45, 2.75) is 63.5 Å². The molecule has 2 N–H and O–H groups in total. The number of benzene rings is 2. The summed E-state index contributed by atoms with van der Waals surface area (Å²) in [4.78, 5) is 15.7. The van der Waals surface area contributed by atoms with Crippen molar-refractivity contribution in [3.8, 4) is 0 Å². The monoisotopic (exact) mass is 429 g/mol. The van der Waals surface area contributed by atoms with Crippen LogP contribution in [0.15, 0.2) is 53.5 Å². The van der Waals surface area contributed by atoms with Crippen molar-refractivity contribution in [3.63, 3.8) is 0 Å². The molecule has 1 aliphatic carbocycles. The maximum Gasteiger partial charge on any atom is 0.335 e. The second-order valence-electron chi connectivity index (χ2n) is 10.1. The van der Waals surface area contributed by atoms with Gasteiger partial charge in [-0.1, -0.05) is 70.2 Å². The molecule has 2 atom stereocenters. The molecule has 4 nitrogen and oxygen atoms in total. The number of allylic oxidation sites excluding steroid dienone is 1. The average Bonchev–Trinajstić information content (AvgIpc) is 3.24.